The lowest BCUT2D eigenvalue weighted by Crippen LogP contribution is -1.97. The molecule has 3 aromatic heterocycles. The third kappa shape index (κ3) is 5.63. The summed E-state index contributed by atoms with van der Waals surface area (Å²) in [6.07, 6.45) is 2.88. The molecule has 3 heterocycles. The molecule has 0 bridgehead atoms. The van der Waals surface area contributed by atoms with Gasteiger partial charge in [-0.25, -0.2) is 14.4 Å². The molecule has 23 heavy (non-hydrogen) atoms. The van der Waals surface area contributed by atoms with E-state index >= 15 is 0 Å². The molecular weight excluding hydrogens is 362 g/mol. The highest BCUT2D eigenvalue weighted by Gasteiger charge is 2.02. The Morgan fingerprint density at radius 1 is 0.739 bits per heavy atom. The average molecular weight is 376 g/mol. The van der Waals surface area contributed by atoms with E-state index in [1.54, 1.807) is 12.3 Å². The van der Waals surface area contributed by atoms with Gasteiger partial charge in [0, 0.05) is 6.20 Å². The molecule has 3 rings (SSSR count). The van der Waals surface area contributed by atoms with Crippen molar-refractivity contribution in [1.29, 1.82) is 0 Å². The molecule has 0 spiro atoms. The summed E-state index contributed by atoms with van der Waals surface area (Å²) >= 11 is 0. The minimum Gasteiger partial charge on any atom is -0.325 e. The Hall–Kier alpha value is -1.95. The van der Waals surface area contributed by atoms with Crippen LogP contribution in [-0.2, 0) is 0 Å². The monoisotopic (exact) mass is 374 g/mol. The summed E-state index contributed by atoms with van der Waals surface area (Å²) in [5, 5.41) is 3.02. The average Bonchev–Trinajstić information content (AvgIpc) is 2.51. The molecule has 0 amide bonds. The van der Waals surface area contributed by atoms with Crippen molar-refractivity contribution in [3.05, 3.63) is 66.7 Å². The second-order valence-electron chi connectivity index (χ2n) is 4.11. The van der Waals surface area contributed by atoms with Crippen LogP contribution in [0.25, 0.3) is 11.4 Å². The van der Waals surface area contributed by atoms with Gasteiger partial charge in [0.15, 0.2) is 0 Å². The molecule has 0 unspecified atom stereocenters. The summed E-state index contributed by atoms with van der Waals surface area (Å²) in [5.74, 6) is 0.801. The second-order valence-corrected chi connectivity index (χ2v) is 4.11. The summed E-state index contributed by atoms with van der Waals surface area (Å²) in [7, 11) is 0. The SMILES string of the molecule is Cl.Cl.Cl.Fc1ccc(Nc2cccc(-c3ccccn3)n2)nc1. The fourth-order valence-electron chi connectivity index (χ4n) is 1.74. The maximum Gasteiger partial charge on any atom is 0.141 e. The molecule has 0 aliphatic rings. The number of nitrogens with one attached hydrogen (secondary N) is 1. The van der Waals surface area contributed by atoms with E-state index in [2.05, 4.69) is 20.3 Å². The lowest BCUT2D eigenvalue weighted by Gasteiger charge is -2.06. The minimum atomic E-state index is -0.370. The molecule has 0 aliphatic heterocycles. The van der Waals surface area contributed by atoms with Crippen LogP contribution in [0.4, 0.5) is 16.0 Å². The van der Waals surface area contributed by atoms with E-state index in [0.717, 1.165) is 17.6 Å². The zero-order chi connectivity index (χ0) is 13.8. The van der Waals surface area contributed by atoms with Crippen LogP contribution in [0.3, 0.4) is 0 Å². The lowest BCUT2D eigenvalue weighted by molar-refractivity contribution is 0.622. The molecule has 0 saturated heterocycles. The molecule has 0 radical (unpaired) electrons. The highest BCUT2D eigenvalue weighted by molar-refractivity contribution is 5.86. The Bertz CT molecular complexity index is 711. The molecule has 0 atom stereocenters. The van der Waals surface area contributed by atoms with Gasteiger partial charge in [0.05, 0.1) is 17.6 Å². The van der Waals surface area contributed by atoms with Crippen molar-refractivity contribution in [2.75, 3.05) is 5.32 Å². The van der Waals surface area contributed by atoms with Gasteiger partial charge in [0.2, 0.25) is 0 Å². The van der Waals surface area contributed by atoms with Crippen LogP contribution in [0.5, 0.6) is 0 Å². The molecule has 0 aromatic carbocycles. The number of rotatable bonds is 3. The molecular formula is C15H14Cl3FN4. The van der Waals surface area contributed by atoms with Gasteiger partial charge in [0.25, 0.3) is 0 Å². The van der Waals surface area contributed by atoms with Gasteiger partial charge in [-0.1, -0.05) is 12.1 Å². The molecule has 4 nitrogen and oxygen atoms in total. The first-order valence-corrected chi connectivity index (χ1v) is 6.08. The largest absolute Gasteiger partial charge is 0.325 e. The normalized spacial score (nSPS) is 8.91. The van der Waals surface area contributed by atoms with Crippen molar-refractivity contribution in [3.8, 4) is 11.4 Å². The standard InChI is InChI=1S/C15H11FN4.3ClH/c16-11-7-8-14(18-10-11)20-15-6-3-5-13(19-15)12-4-1-2-9-17-12;;;/h1-10H,(H,18,19,20);3*1H. The number of aromatic nitrogens is 3. The fraction of sp³-hybridized carbons (Fsp3) is 0. The molecule has 8 heteroatoms. The molecule has 0 aliphatic carbocycles. The van der Waals surface area contributed by atoms with E-state index < -0.39 is 0 Å². The van der Waals surface area contributed by atoms with Crippen LogP contribution in [0.15, 0.2) is 60.9 Å². The first-order chi connectivity index (χ1) is 9.81. The first-order valence-electron chi connectivity index (χ1n) is 6.08. The highest BCUT2D eigenvalue weighted by atomic mass is 35.5. The van der Waals surface area contributed by atoms with Gasteiger partial charge in [-0.15, -0.1) is 37.2 Å². The Labute approximate surface area is 151 Å². The number of hydrogen-bond acceptors (Lipinski definition) is 4. The number of nitrogens with zero attached hydrogens (tertiary/aromatic N) is 3. The zero-order valence-electron chi connectivity index (χ0n) is 11.7. The van der Waals surface area contributed by atoms with E-state index in [4.69, 9.17) is 0 Å². The van der Waals surface area contributed by atoms with E-state index in [1.807, 2.05) is 36.4 Å². The second kappa shape index (κ2) is 9.94. The van der Waals surface area contributed by atoms with Crippen LogP contribution in [0, 0.1) is 5.82 Å². The van der Waals surface area contributed by atoms with Crippen molar-refractivity contribution < 1.29 is 4.39 Å². The summed E-state index contributed by atoms with van der Waals surface area (Å²) in [6.45, 7) is 0. The predicted octanol–water partition coefficient (Wildman–Crippen LogP) is 4.69. The number of anilines is 2. The summed E-state index contributed by atoms with van der Waals surface area (Å²) in [6, 6.07) is 14.1. The Kier molecular flexibility index (Phi) is 9.10. The van der Waals surface area contributed by atoms with E-state index in [0.29, 0.717) is 11.6 Å². The van der Waals surface area contributed by atoms with E-state index in [-0.39, 0.29) is 43.0 Å². The van der Waals surface area contributed by atoms with Crippen LogP contribution in [-0.4, -0.2) is 15.0 Å². The zero-order valence-corrected chi connectivity index (χ0v) is 14.2. The van der Waals surface area contributed by atoms with E-state index in [9.17, 15) is 4.39 Å². The van der Waals surface area contributed by atoms with Crippen molar-refractivity contribution in [2.45, 2.75) is 0 Å². The highest BCUT2D eigenvalue weighted by Crippen LogP contribution is 2.18. The van der Waals surface area contributed by atoms with Gasteiger partial charge in [-0.05, 0) is 36.4 Å². The van der Waals surface area contributed by atoms with Crippen LogP contribution < -0.4 is 5.32 Å². The quantitative estimate of drug-likeness (QED) is 0.721. The van der Waals surface area contributed by atoms with Crippen LogP contribution >= 0.6 is 37.2 Å². The molecule has 3 aromatic rings. The Morgan fingerprint density at radius 3 is 2.17 bits per heavy atom. The summed E-state index contributed by atoms with van der Waals surface area (Å²) < 4.78 is 12.8. The van der Waals surface area contributed by atoms with Crippen molar-refractivity contribution in [1.82, 2.24) is 15.0 Å². The van der Waals surface area contributed by atoms with Gasteiger partial charge >= 0.3 is 0 Å². The summed E-state index contributed by atoms with van der Waals surface area (Å²) in [4.78, 5) is 12.6. The molecule has 1 N–H and O–H groups in total. The van der Waals surface area contributed by atoms with Gasteiger partial charge in [-0.2, -0.15) is 0 Å². The van der Waals surface area contributed by atoms with Gasteiger partial charge in [0.1, 0.15) is 17.5 Å². The Balaban J connectivity index is 0.00000161. The van der Waals surface area contributed by atoms with Gasteiger partial charge < -0.3 is 5.32 Å². The summed E-state index contributed by atoms with van der Waals surface area (Å²) in [5.41, 5.74) is 1.56. The predicted molar refractivity (Wildman–Crippen MR) is 96.7 cm³/mol. The van der Waals surface area contributed by atoms with Crippen LogP contribution in [0.1, 0.15) is 0 Å². The Morgan fingerprint density at radius 2 is 1.52 bits per heavy atom. The lowest BCUT2D eigenvalue weighted by atomic mass is 10.2. The smallest absolute Gasteiger partial charge is 0.141 e. The number of halogens is 4. The maximum absolute atomic E-state index is 12.8. The maximum atomic E-state index is 12.8. The van der Waals surface area contributed by atoms with Crippen molar-refractivity contribution in [2.24, 2.45) is 0 Å². The molecule has 0 fully saturated rings. The third-order valence-corrected chi connectivity index (χ3v) is 2.66. The minimum absolute atomic E-state index is 0. The molecule has 122 valence electrons. The fourth-order valence-corrected chi connectivity index (χ4v) is 1.74. The van der Waals surface area contributed by atoms with E-state index in [1.165, 1.54) is 6.07 Å². The van der Waals surface area contributed by atoms with Crippen LogP contribution in [0.2, 0.25) is 0 Å². The number of pyridine rings is 3. The van der Waals surface area contributed by atoms with Crippen molar-refractivity contribution >= 4 is 48.9 Å². The van der Waals surface area contributed by atoms with Crippen molar-refractivity contribution in [3.63, 3.8) is 0 Å². The molecule has 0 saturated carbocycles. The topological polar surface area (TPSA) is 50.7 Å². The first kappa shape index (κ1) is 21.0. The van der Waals surface area contributed by atoms with Gasteiger partial charge in [-0.3, -0.25) is 4.98 Å². The number of hydrogen-bond donors (Lipinski definition) is 1. The third-order valence-electron chi connectivity index (χ3n) is 2.66.